The van der Waals surface area contributed by atoms with E-state index in [9.17, 15) is 8.78 Å². The van der Waals surface area contributed by atoms with Crippen LogP contribution in [0.25, 0.3) is 0 Å². The number of ether oxygens (including phenoxy) is 1. The monoisotopic (exact) mass is 314 g/mol. The Bertz CT molecular complexity index is 563. The van der Waals surface area contributed by atoms with Crippen molar-refractivity contribution in [2.75, 3.05) is 7.11 Å². The molecule has 0 bridgehead atoms. The first-order valence-electron chi connectivity index (χ1n) is 6.35. The number of furan rings is 1. The molecule has 0 aromatic carbocycles. The summed E-state index contributed by atoms with van der Waals surface area (Å²) < 4.78 is 34.8. The minimum Gasteiger partial charge on any atom is -0.481 e. The fourth-order valence-corrected chi connectivity index (χ4v) is 2.25. The molecule has 2 aromatic heterocycles. The second-order valence-electron chi connectivity index (χ2n) is 4.22. The van der Waals surface area contributed by atoms with Crippen molar-refractivity contribution in [3.8, 4) is 5.88 Å². The summed E-state index contributed by atoms with van der Waals surface area (Å²) in [6.07, 6.45) is 1.67. The largest absolute Gasteiger partial charge is 0.481 e. The highest BCUT2D eigenvalue weighted by Gasteiger charge is 2.08. The Morgan fingerprint density at radius 2 is 2.10 bits per heavy atom. The van der Waals surface area contributed by atoms with Gasteiger partial charge in [0.1, 0.15) is 11.5 Å². The van der Waals surface area contributed by atoms with E-state index in [-0.39, 0.29) is 5.75 Å². The number of hydrogen-bond donors (Lipinski definition) is 1. The Labute approximate surface area is 125 Å². The Kier molecular flexibility index (Phi) is 6.01. The van der Waals surface area contributed by atoms with Crippen LogP contribution in [-0.2, 0) is 18.8 Å². The number of pyridine rings is 1. The normalized spacial score (nSPS) is 11.0. The van der Waals surface area contributed by atoms with E-state index < -0.39 is 5.76 Å². The molecule has 0 aliphatic carbocycles. The van der Waals surface area contributed by atoms with Gasteiger partial charge in [0.15, 0.2) is 0 Å². The highest BCUT2D eigenvalue weighted by Crippen LogP contribution is 2.21. The van der Waals surface area contributed by atoms with E-state index in [4.69, 9.17) is 9.15 Å². The van der Waals surface area contributed by atoms with Gasteiger partial charge in [-0.3, -0.25) is 0 Å². The van der Waals surface area contributed by atoms with Crippen LogP contribution in [0.15, 0.2) is 34.9 Å². The maximum absolute atomic E-state index is 12.1. The maximum atomic E-state index is 12.1. The van der Waals surface area contributed by atoms with E-state index in [2.05, 4.69) is 10.3 Å². The quantitative estimate of drug-likeness (QED) is 0.809. The average molecular weight is 314 g/mol. The van der Waals surface area contributed by atoms with E-state index in [1.165, 1.54) is 0 Å². The molecule has 0 aliphatic rings. The first kappa shape index (κ1) is 15.8. The Morgan fingerprint density at radius 3 is 2.86 bits per heavy atom. The molecule has 1 N–H and O–H groups in total. The summed E-state index contributed by atoms with van der Waals surface area (Å²) >= 11 is 0.551. The minimum absolute atomic E-state index is 0.175. The molecule has 21 heavy (non-hydrogen) atoms. The average Bonchev–Trinajstić information content (AvgIpc) is 2.93. The standard InChI is InChI=1S/C14H16F2N2O2S/c1-19-13-10(3-2-6-18-13)7-17-8-11-4-5-12(20-11)9-21-14(15)16/h2-6,14,17H,7-9H2,1H3. The van der Waals surface area contributed by atoms with Crippen LogP contribution in [0, 0.1) is 0 Å². The van der Waals surface area contributed by atoms with E-state index >= 15 is 0 Å². The zero-order chi connectivity index (χ0) is 15.1. The van der Waals surface area contributed by atoms with Crippen molar-refractivity contribution in [1.82, 2.24) is 10.3 Å². The lowest BCUT2D eigenvalue weighted by Gasteiger charge is -2.07. The first-order valence-corrected chi connectivity index (χ1v) is 7.40. The number of rotatable bonds is 8. The Hall–Kier alpha value is -1.60. The van der Waals surface area contributed by atoms with Gasteiger partial charge in [-0.15, -0.1) is 0 Å². The molecule has 0 radical (unpaired) electrons. The summed E-state index contributed by atoms with van der Waals surface area (Å²) in [7, 11) is 1.57. The summed E-state index contributed by atoms with van der Waals surface area (Å²) in [5.41, 5.74) is 0.944. The third kappa shape index (κ3) is 5.02. The van der Waals surface area contributed by atoms with Crippen molar-refractivity contribution in [1.29, 1.82) is 0 Å². The minimum atomic E-state index is -2.38. The highest BCUT2D eigenvalue weighted by molar-refractivity contribution is 7.98. The molecule has 2 aromatic rings. The summed E-state index contributed by atoms with van der Waals surface area (Å²) in [6.45, 7) is 1.09. The van der Waals surface area contributed by atoms with Gasteiger partial charge in [-0.25, -0.2) is 4.98 Å². The molecule has 2 heterocycles. The molecule has 0 amide bonds. The van der Waals surface area contributed by atoms with Crippen LogP contribution in [0.5, 0.6) is 5.88 Å². The number of aromatic nitrogens is 1. The van der Waals surface area contributed by atoms with Gasteiger partial charge in [0.25, 0.3) is 5.76 Å². The van der Waals surface area contributed by atoms with Crippen molar-refractivity contribution in [3.63, 3.8) is 0 Å². The van der Waals surface area contributed by atoms with Crippen molar-refractivity contribution in [2.24, 2.45) is 0 Å². The third-order valence-electron chi connectivity index (χ3n) is 2.73. The fraction of sp³-hybridized carbons (Fsp3) is 0.357. The molecular formula is C14H16F2N2O2S. The van der Waals surface area contributed by atoms with Crippen LogP contribution in [0.4, 0.5) is 8.78 Å². The van der Waals surface area contributed by atoms with Crippen LogP contribution >= 0.6 is 11.8 Å². The number of nitrogens with one attached hydrogen (secondary N) is 1. The van der Waals surface area contributed by atoms with Gasteiger partial charge in [0.2, 0.25) is 5.88 Å². The molecule has 0 spiro atoms. The third-order valence-corrected chi connectivity index (χ3v) is 3.43. The number of alkyl halides is 2. The van der Waals surface area contributed by atoms with Crippen LogP contribution in [0.3, 0.4) is 0 Å². The maximum Gasteiger partial charge on any atom is 0.284 e. The summed E-state index contributed by atoms with van der Waals surface area (Å²) in [4.78, 5) is 4.11. The number of thioether (sulfide) groups is 1. The smallest absolute Gasteiger partial charge is 0.284 e. The molecule has 0 saturated heterocycles. The van der Waals surface area contributed by atoms with Crippen molar-refractivity contribution in [2.45, 2.75) is 24.6 Å². The number of halogens is 2. The fourth-order valence-electron chi connectivity index (χ4n) is 1.80. The van der Waals surface area contributed by atoms with Gasteiger partial charge in [-0.2, -0.15) is 8.78 Å². The van der Waals surface area contributed by atoms with E-state index in [0.717, 1.165) is 5.56 Å². The predicted octanol–water partition coefficient (Wildman–Crippen LogP) is 3.43. The number of hydrogen-bond acceptors (Lipinski definition) is 5. The van der Waals surface area contributed by atoms with Crippen molar-refractivity contribution < 1.29 is 17.9 Å². The molecular weight excluding hydrogens is 298 g/mol. The van der Waals surface area contributed by atoms with E-state index in [1.807, 2.05) is 12.1 Å². The van der Waals surface area contributed by atoms with Crippen LogP contribution < -0.4 is 10.1 Å². The lowest BCUT2D eigenvalue weighted by Crippen LogP contribution is -2.13. The van der Waals surface area contributed by atoms with Gasteiger partial charge in [0.05, 0.1) is 19.4 Å². The molecule has 0 unspecified atom stereocenters. The molecule has 114 valence electrons. The summed E-state index contributed by atoms with van der Waals surface area (Å²) in [5, 5.41) is 3.20. The molecule has 0 atom stereocenters. The molecule has 0 fully saturated rings. The zero-order valence-corrected chi connectivity index (χ0v) is 12.3. The van der Waals surface area contributed by atoms with Gasteiger partial charge in [0, 0.05) is 18.3 Å². The zero-order valence-electron chi connectivity index (χ0n) is 11.5. The van der Waals surface area contributed by atoms with E-state index in [0.29, 0.717) is 42.3 Å². The molecule has 2 rings (SSSR count). The topological polar surface area (TPSA) is 47.3 Å². The number of methoxy groups -OCH3 is 1. The second-order valence-corrected chi connectivity index (χ2v) is 5.19. The summed E-state index contributed by atoms with van der Waals surface area (Å²) in [5.74, 6) is -0.361. The van der Waals surface area contributed by atoms with Gasteiger partial charge in [-0.1, -0.05) is 17.8 Å². The van der Waals surface area contributed by atoms with Crippen molar-refractivity contribution >= 4 is 11.8 Å². The number of nitrogens with zero attached hydrogens (tertiary/aromatic N) is 1. The molecule has 4 nitrogen and oxygen atoms in total. The highest BCUT2D eigenvalue weighted by atomic mass is 32.2. The molecule has 7 heteroatoms. The Morgan fingerprint density at radius 1 is 1.29 bits per heavy atom. The first-order chi connectivity index (χ1) is 10.2. The van der Waals surface area contributed by atoms with Gasteiger partial charge >= 0.3 is 0 Å². The summed E-state index contributed by atoms with van der Waals surface area (Å²) in [6, 6.07) is 7.27. The van der Waals surface area contributed by atoms with Gasteiger partial charge < -0.3 is 14.5 Å². The van der Waals surface area contributed by atoms with Crippen LogP contribution in [0.2, 0.25) is 0 Å². The lowest BCUT2D eigenvalue weighted by molar-refractivity contribution is 0.251. The predicted molar refractivity (Wildman–Crippen MR) is 77.3 cm³/mol. The SMILES string of the molecule is COc1ncccc1CNCc1ccc(CSC(F)F)o1. The van der Waals surface area contributed by atoms with Crippen molar-refractivity contribution in [3.05, 3.63) is 47.5 Å². The molecule has 0 aliphatic heterocycles. The Balaban J connectivity index is 1.81. The van der Waals surface area contributed by atoms with Crippen LogP contribution in [0.1, 0.15) is 17.1 Å². The van der Waals surface area contributed by atoms with E-state index in [1.54, 1.807) is 25.4 Å². The second kappa shape index (κ2) is 7.99. The molecule has 0 saturated carbocycles. The van der Waals surface area contributed by atoms with Crippen LogP contribution in [-0.4, -0.2) is 17.9 Å². The van der Waals surface area contributed by atoms with Gasteiger partial charge in [-0.05, 0) is 18.2 Å². The lowest BCUT2D eigenvalue weighted by atomic mass is 10.2.